The Balaban J connectivity index is 0. The van der Waals surface area contributed by atoms with E-state index in [9.17, 15) is 0 Å². The molecule has 0 bridgehead atoms. The van der Waals surface area contributed by atoms with Crippen LogP contribution in [0.1, 0.15) is 39.7 Å². The maximum absolute atomic E-state index is 5.40. The Kier molecular flexibility index (Phi) is 9.32. The summed E-state index contributed by atoms with van der Waals surface area (Å²) in [7, 11) is 0. The Bertz CT molecular complexity index is 275. The van der Waals surface area contributed by atoms with Gasteiger partial charge in [0.25, 0.3) is 0 Å². The van der Waals surface area contributed by atoms with Gasteiger partial charge < -0.3 is 10.2 Å². The van der Waals surface area contributed by atoms with E-state index in [1.54, 1.807) is 0 Å². The van der Waals surface area contributed by atoms with Crippen LogP contribution < -0.4 is 34.3 Å². The summed E-state index contributed by atoms with van der Waals surface area (Å²) in [5, 5.41) is 0. The van der Waals surface area contributed by atoms with Gasteiger partial charge in [-0.2, -0.15) is 6.61 Å². The minimum absolute atomic E-state index is 0. The molecule has 86 valence electrons. The second kappa shape index (κ2) is 8.13. The number of rotatable bonds is 3. The van der Waals surface area contributed by atoms with Crippen LogP contribution in [0.4, 0.5) is 0 Å². The number of ether oxygens (including phenoxy) is 1. The summed E-state index contributed by atoms with van der Waals surface area (Å²) in [5.41, 5.74) is 1.55. The second-order valence-corrected chi connectivity index (χ2v) is 4.47. The smallest absolute Gasteiger partial charge is 0.662 e. The van der Waals surface area contributed by atoms with Gasteiger partial charge in [0, 0.05) is 0 Å². The van der Waals surface area contributed by atoms with Crippen molar-refractivity contribution >= 4 is 0 Å². The van der Waals surface area contributed by atoms with Crippen molar-refractivity contribution in [2.45, 2.75) is 39.5 Å². The molecular formula is C13H21NaO2. The molecule has 2 nitrogen and oxygen atoms in total. The van der Waals surface area contributed by atoms with Gasteiger partial charge in [-0.15, -0.1) is 6.42 Å². The molecular weight excluding hydrogens is 211 g/mol. The van der Waals surface area contributed by atoms with E-state index in [-0.39, 0.29) is 40.4 Å². The third kappa shape index (κ3) is 5.90. The second-order valence-electron chi connectivity index (χ2n) is 4.47. The summed E-state index contributed by atoms with van der Waals surface area (Å²) in [5.74, 6) is 0.917. The van der Waals surface area contributed by atoms with Crippen molar-refractivity contribution in [3.8, 4) is 5.75 Å². The average molecular weight is 232 g/mol. The molecule has 0 fully saturated rings. The first-order valence-corrected chi connectivity index (χ1v) is 5.13. The molecule has 0 spiro atoms. The van der Waals surface area contributed by atoms with E-state index < -0.39 is 0 Å². The van der Waals surface area contributed by atoms with Gasteiger partial charge in [0.15, 0.2) is 0 Å². The molecule has 0 amide bonds. The van der Waals surface area contributed by atoms with Crippen molar-refractivity contribution in [2.24, 2.45) is 0 Å². The summed E-state index contributed by atoms with van der Waals surface area (Å²) in [6.45, 7) is 10.5. The van der Waals surface area contributed by atoms with Gasteiger partial charge in [-0.3, -0.25) is 0 Å². The van der Waals surface area contributed by atoms with Crippen LogP contribution in [0.5, 0.6) is 5.75 Å². The molecule has 1 aromatic rings. The van der Waals surface area contributed by atoms with Crippen LogP contribution in [0.2, 0.25) is 0 Å². The molecule has 1 aromatic carbocycles. The van der Waals surface area contributed by atoms with E-state index in [1.807, 2.05) is 18.7 Å². The van der Waals surface area contributed by atoms with Gasteiger partial charge in [0.1, 0.15) is 0 Å². The molecule has 0 heterocycles. The minimum atomic E-state index is 0. The van der Waals surface area contributed by atoms with E-state index in [1.165, 1.54) is 5.56 Å². The molecule has 0 aliphatic heterocycles. The summed E-state index contributed by atoms with van der Waals surface area (Å²) in [6.07, 6.45) is 0.932. The molecule has 16 heavy (non-hydrogen) atoms. The molecule has 3 heteroatoms. The SMILES string of the molecule is CC[CH-]Oc1ccc(C(C)(C)C)cc1.O.[Na+]. The fraction of sp³-hybridized carbons (Fsp3) is 0.462. The van der Waals surface area contributed by atoms with Crippen LogP contribution in [-0.4, -0.2) is 5.48 Å². The fourth-order valence-corrected chi connectivity index (χ4v) is 1.21. The number of hydrogen-bond donors (Lipinski definition) is 0. The maximum Gasteiger partial charge on any atom is 1.00 e. The van der Waals surface area contributed by atoms with Crippen molar-refractivity contribution in [2.75, 3.05) is 0 Å². The quantitative estimate of drug-likeness (QED) is 0.539. The molecule has 0 unspecified atom stereocenters. The summed E-state index contributed by atoms with van der Waals surface area (Å²) in [6, 6.07) is 8.29. The van der Waals surface area contributed by atoms with E-state index in [2.05, 4.69) is 39.8 Å². The topological polar surface area (TPSA) is 40.7 Å². The van der Waals surface area contributed by atoms with Crippen LogP contribution >= 0.6 is 0 Å². The Morgan fingerprint density at radius 3 is 2.00 bits per heavy atom. The third-order valence-electron chi connectivity index (χ3n) is 2.11. The zero-order chi connectivity index (χ0) is 10.6. The summed E-state index contributed by atoms with van der Waals surface area (Å²) in [4.78, 5) is 0. The Hall–Kier alpha value is -0.0200. The minimum Gasteiger partial charge on any atom is -0.662 e. The summed E-state index contributed by atoms with van der Waals surface area (Å²) < 4.78 is 5.40. The predicted octanol–water partition coefficient (Wildman–Crippen LogP) is 0.114. The first-order valence-electron chi connectivity index (χ1n) is 5.13. The molecule has 0 saturated carbocycles. The van der Waals surface area contributed by atoms with Crippen molar-refractivity contribution in [3.63, 3.8) is 0 Å². The van der Waals surface area contributed by atoms with Gasteiger partial charge in [-0.1, -0.05) is 39.8 Å². The molecule has 1 rings (SSSR count). The van der Waals surface area contributed by atoms with Crippen molar-refractivity contribution < 1.29 is 39.8 Å². The molecule has 0 saturated heterocycles. The van der Waals surface area contributed by atoms with Crippen molar-refractivity contribution in [3.05, 3.63) is 36.4 Å². The molecule has 0 aliphatic carbocycles. The first-order chi connectivity index (χ1) is 6.54. The van der Waals surface area contributed by atoms with Gasteiger partial charge in [-0.25, -0.2) is 0 Å². The zero-order valence-corrected chi connectivity index (χ0v) is 13.0. The predicted molar refractivity (Wildman–Crippen MR) is 64.0 cm³/mol. The van der Waals surface area contributed by atoms with Crippen molar-refractivity contribution in [1.82, 2.24) is 0 Å². The van der Waals surface area contributed by atoms with Gasteiger partial charge >= 0.3 is 29.6 Å². The van der Waals surface area contributed by atoms with Crippen LogP contribution in [0.15, 0.2) is 24.3 Å². The van der Waals surface area contributed by atoms with Gasteiger partial charge in [0.2, 0.25) is 0 Å². The Labute approximate surface area is 121 Å². The Morgan fingerprint density at radius 1 is 1.12 bits per heavy atom. The van der Waals surface area contributed by atoms with Gasteiger partial charge in [-0.05, 0) is 23.1 Å². The molecule has 0 atom stereocenters. The van der Waals surface area contributed by atoms with Crippen molar-refractivity contribution in [1.29, 1.82) is 0 Å². The monoisotopic (exact) mass is 232 g/mol. The Morgan fingerprint density at radius 2 is 1.62 bits per heavy atom. The average Bonchev–Trinajstić information content (AvgIpc) is 2.14. The summed E-state index contributed by atoms with van der Waals surface area (Å²) >= 11 is 0. The zero-order valence-electron chi connectivity index (χ0n) is 11.0. The molecule has 2 N–H and O–H groups in total. The number of benzene rings is 1. The van der Waals surface area contributed by atoms with E-state index in [0.717, 1.165) is 12.2 Å². The third-order valence-corrected chi connectivity index (χ3v) is 2.11. The largest absolute Gasteiger partial charge is 1.00 e. The number of hydrogen-bond acceptors (Lipinski definition) is 1. The first kappa shape index (κ1) is 18.3. The normalized spacial score (nSPS) is 10.0. The van der Waals surface area contributed by atoms with E-state index >= 15 is 0 Å². The van der Waals surface area contributed by atoms with Crippen LogP contribution in [0, 0.1) is 6.61 Å². The van der Waals surface area contributed by atoms with Crippen LogP contribution in [0.3, 0.4) is 0 Å². The van der Waals surface area contributed by atoms with Crippen LogP contribution in [-0.2, 0) is 5.41 Å². The van der Waals surface area contributed by atoms with Crippen LogP contribution in [0.25, 0.3) is 0 Å². The maximum atomic E-state index is 5.40. The van der Waals surface area contributed by atoms with E-state index in [0.29, 0.717) is 0 Å². The molecule has 0 radical (unpaired) electrons. The van der Waals surface area contributed by atoms with Gasteiger partial charge in [0.05, 0.1) is 5.75 Å². The van der Waals surface area contributed by atoms with E-state index in [4.69, 9.17) is 4.74 Å². The molecule has 0 aliphatic rings. The fourth-order valence-electron chi connectivity index (χ4n) is 1.21. The molecule has 0 aromatic heterocycles. The standard InChI is InChI=1S/C13H19O.Na.H2O/c1-5-10-14-12-8-6-11(7-9-12)13(2,3)4;;/h6-10H,5H2,1-4H3;;1H2/q-1;+1;.